The van der Waals surface area contributed by atoms with Crippen LogP contribution in [0, 0.1) is 18.3 Å². The molecular formula is C25H24ClN9O2. The van der Waals surface area contributed by atoms with Gasteiger partial charge >= 0.3 is 0 Å². The maximum absolute atomic E-state index is 13.6. The van der Waals surface area contributed by atoms with Crippen molar-refractivity contribution in [1.82, 2.24) is 35.1 Å². The Kier molecular flexibility index (Phi) is 7.31. The number of aromatic nitrogens is 6. The molecule has 0 bridgehead atoms. The molecule has 0 atom stereocenters. The van der Waals surface area contributed by atoms with Crippen LogP contribution in [0.2, 0.25) is 5.02 Å². The Morgan fingerprint density at radius 1 is 1.22 bits per heavy atom. The van der Waals surface area contributed by atoms with Crippen LogP contribution in [-0.2, 0) is 6.54 Å². The van der Waals surface area contributed by atoms with Gasteiger partial charge in [0.05, 0.1) is 45.8 Å². The van der Waals surface area contributed by atoms with Crippen molar-refractivity contribution in [3.05, 3.63) is 81.5 Å². The fraction of sp³-hybridized carbons (Fsp3) is 0.240. The fourth-order valence-electron chi connectivity index (χ4n) is 3.69. The quantitative estimate of drug-likeness (QED) is 0.382. The topological polar surface area (TPSA) is 143 Å². The summed E-state index contributed by atoms with van der Waals surface area (Å²) in [6.45, 7) is 6.01. The minimum Gasteiger partial charge on any atom is -0.355 e. The summed E-state index contributed by atoms with van der Waals surface area (Å²) in [5, 5.41) is 27.9. The van der Waals surface area contributed by atoms with Crippen LogP contribution in [0.15, 0.2) is 42.7 Å². The predicted molar refractivity (Wildman–Crippen MR) is 137 cm³/mol. The van der Waals surface area contributed by atoms with Crippen molar-refractivity contribution in [3.8, 4) is 11.9 Å². The molecule has 4 aromatic rings. The van der Waals surface area contributed by atoms with Crippen molar-refractivity contribution in [2.75, 3.05) is 12.4 Å². The molecule has 0 radical (unpaired) electrons. The molecule has 0 spiro atoms. The molecule has 37 heavy (non-hydrogen) atoms. The molecule has 12 heteroatoms. The molecule has 3 heterocycles. The van der Waals surface area contributed by atoms with Gasteiger partial charge in [-0.05, 0) is 48.7 Å². The molecule has 3 aromatic heterocycles. The van der Waals surface area contributed by atoms with Crippen LogP contribution in [-0.4, -0.2) is 48.6 Å². The lowest BCUT2D eigenvalue weighted by Crippen LogP contribution is -2.24. The van der Waals surface area contributed by atoms with Crippen molar-refractivity contribution < 1.29 is 9.59 Å². The first kappa shape index (κ1) is 25.5. The van der Waals surface area contributed by atoms with E-state index in [0.717, 1.165) is 5.69 Å². The second-order valence-corrected chi connectivity index (χ2v) is 9.01. The van der Waals surface area contributed by atoms with Gasteiger partial charge in [-0.3, -0.25) is 9.59 Å². The number of amides is 2. The smallest absolute Gasteiger partial charge is 0.274 e. The summed E-state index contributed by atoms with van der Waals surface area (Å²) in [7, 11) is 1.47. The number of nitrogens with zero attached hydrogens (tertiary/aromatic N) is 7. The third-order valence-electron chi connectivity index (χ3n) is 5.58. The fourth-order valence-corrected chi connectivity index (χ4v) is 3.90. The summed E-state index contributed by atoms with van der Waals surface area (Å²) in [5.41, 5.74) is 2.80. The average molecular weight is 518 g/mol. The molecule has 4 rings (SSSR count). The number of aryl methyl sites for hydroxylation is 1. The van der Waals surface area contributed by atoms with Crippen LogP contribution in [0.3, 0.4) is 0 Å². The minimum atomic E-state index is -0.542. The van der Waals surface area contributed by atoms with Gasteiger partial charge in [-0.2, -0.15) is 10.4 Å². The number of nitriles is 1. The summed E-state index contributed by atoms with van der Waals surface area (Å²) in [6, 6.07) is 9.98. The maximum atomic E-state index is 13.6. The zero-order valence-electron chi connectivity index (χ0n) is 20.7. The van der Waals surface area contributed by atoms with Gasteiger partial charge in [0.15, 0.2) is 5.82 Å². The van der Waals surface area contributed by atoms with Crippen LogP contribution in [0.4, 0.5) is 5.69 Å². The lowest BCUT2D eigenvalue weighted by molar-refractivity contribution is 0.0964. The van der Waals surface area contributed by atoms with E-state index in [4.69, 9.17) is 11.6 Å². The Morgan fingerprint density at radius 3 is 2.65 bits per heavy atom. The van der Waals surface area contributed by atoms with Crippen LogP contribution < -0.4 is 10.6 Å². The molecule has 0 fully saturated rings. The third-order valence-corrected chi connectivity index (χ3v) is 5.87. The van der Waals surface area contributed by atoms with Crippen LogP contribution in [0.25, 0.3) is 5.82 Å². The molecule has 2 amide bonds. The van der Waals surface area contributed by atoms with Crippen molar-refractivity contribution in [1.29, 1.82) is 5.26 Å². The van der Waals surface area contributed by atoms with Crippen molar-refractivity contribution in [3.63, 3.8) is 0 Å². The van der Waals surface area contributed by atoms with Gasteiger partial charge in [0.2, 0.25) is 0 Å². The number of hydrogen-bond acceptors (Lipinski definition) is 7. The second kappa shape index (κ2) is 10.6. The molecular weight excluding hydrogens is 494 g/mol. The van der Waals surface area contributed by atoms with Gasteiger partial charge < -0.3 is 10.6 Å². The number of anilines is 1. The lowest BCUT2D eigenvalue weighted by atomic mass is 10.0. The summed E-state index contributed by atoms with van der Waals surface area (Å²) in [4.78, 5) is 30.4. The summed E-state index contributed by atoms with van der Waals surface area (Å²) in [5.74, 6) is -0.500. The Bertz CT molecular complexity index is 1530. The standard InChI is InChI=1S/C25H24ClN9O2/c1-14(2)20-13-34(33-31-20)12-17-10-21(35(32-17)23-19(26)6-5-7-29-23)25(37)30-22-15(3)8-16(11-27)9-18(22)24(36)28-4/h5-10,13-14H,12H2,1-4H3,(H,28,36)(H,30,37). The Balaban J connectivity index is 1.76. The van der Waals surface area contributed by atoms with Gasteiger partial charge in [0.25, 0.3) is 11.8 Å². The van der Waals surface area contributed by atoms with Crippen molar-refractivity contribution in [2.45, 2.75) is 33.2 Å². The van der Waals surface area contributed by atoms with E-state index in [1.54, 1.807) is 42.1 Å². The zero-order chi connectivity index (χ0) is 26.7. The molecule has 0 saturated carbocycles. The number of carbonyl (C=O) groups is 2. The third kappa shape index (κ3) is 5.34. The highest BCUT2D eigenvalue weighted by Gasteiger charge is 2.23. The molecule has 11 nitrogen and oxygen atoms in total. The van der Waals surface area contributed by atoms with E-state index >= 15 is 0 Å². The van der Waals surface area contributed by atoms with E-state index in [0.29, 0.717) is 21.8 Å². The molecule has 0 unspecified atom stereocenters. The zero-order valence-corrected chi connectivity index (χ0v) is 21.4. The first-order valence-electron chi connectivity index (χ1n) is 11.4. The van der Waals surface area contributed by atoms with Gasteiger partial charge in [0.1, 0.15) is 5.69 Å². The predicted octanol–water partition coefficient (Wildman–Crippen LogP) is 3.48. The molecule has 2 N–H and O–H groups in total. The van der Waals surface area contributed by atoms with Crippen molar-refractivity contribution >= 4 is 29.1 Å². The highest BCUT2D eigenvalue weighted by molar-refractivity contribution is 6.32. The summed E-state index contributed by atoms with van der Waals surface area (Å²) < 4.78 is 2.99. The van der Waals surface area contributed by atoms with E-state index in [9.17, 15) is 14.9 Å². The molecule has 0 aliphatic carbocycles. The molecule has 0 aliphatic heterocycles. The van der Waals surface area contributed by atoms with E-state index in [1.807, 2.05) is 26.1 Å². The van der Waals surface area contributed by atoms with Crippen LogP contribution in [0.5, 0.6) is 0 Å². The Labute approximate surface area is 218 Å². The van der Waals surface area contributed by atoms with Crippen molar-refractivity contribution in [2.24, 2.45) is 0 Å². The highest BCUT2D eigenvalue weighted by Crippen LogP contribution is 2.25. The van der Waals surface area contributed by atoms with Gasteiger partial charge in [-0.25, -0.2) is 14.3 Å². The van der Waals surface area contributed by atoms with E-state index in [2.05, 4.69) is 31.0 Å². The SMILES string of the molecule is CNC(=O)c1cc(C#N)cc(C)c1NC(=O)c1cc(Cn2cc(C(C)C)nn2)nn1-c1ncccc1Cl. The summed E-state index contributed by atoms with van der Waals surface area (Å²) >= 11 is 6.38. The lowest BCUT2D eigenvalue weighted by Gasteiger charge is -2.14. The van der Waals surface area contributed by atoms with Gasteiger partial charge in [-0.1, -0.05) is 30.7 Å². The number of nitrogens with one attached hydrogen (secondary N) is 2. The molecule has 1 aromatic carbocycles. The normalized spacial score (nSPS) is 10.8. The van der Waals surface area contributed by atoms with Gasteiger partial charge in [-0.15, -0.1) is 5.10 Å². The average Bonchev–Trinajstić information content (AvgIpc) is 3.52. The maximum Gasteiger partial charge on any atom is 0.274 e. The number of benzene rings is 1. The van der Waals surface area contributed by atoms with E-state index in [-0.39, 0.29) is 35.2 Å². The highest BCUT2D eigenvalue weighted by atomic mass is 35.5. The molecule has 0 saturated heterocycles. The number of halogens is 1. The Hall–Kier alpha value is -4.56. The monoisotopic (exact) mass is 517 g/mol. The molecule has 0 aliphatic rings. The number of hydrogen-bond donors (Lipinski definition) is 2. The first-order chi connectivity index (χ1) is 17.7. The number of carbonyl (C=O) groups excluding carboxylic acids is 2. The largest absolute Gasteiger partial charge is 0.355 e. The van der Waals surface area contributed by atoms with E-state index in [1.165, 1.54) is 17.8 Å². The van der Waals surface area contributed by atoms with Gasteiger partial charge in [0, 0.05) is 19.4 Å². The summed E-state index contributed by atoms with van der Waals surface area (Å²) in [6.07, 6.45) is 3.37. The number of rotatable bonds is 7. The van der Waals surface area contributed by atoms with Crippen LogP contribution >= 0.6 is 11.6 Å². The number of pyridine rings is 1. The first-order valence-corrected chi connectivity index (χ1v) is 11.8. The second-order valence-electron chi connectivity index (χ2n) is 8.60. The Morgan fingerprint density at radius 2 is 2.00 bits per heavy atom. The molecule has 188 valence electrons. The minimum absolute atomic E-state index is 0.145. The van der Waals surface area contributed by atoms with E-state index < -0.39 is 11.8 Å². The van der Waals surface area contributed by atoms with Crippen LogP contribution in [0.1, 0.15) is 63.1 Å².